The summed E-state index contributed by atoms with van der Waals surface area (Å²) in [5.74, 6) is -1.61. The van der Waals surface area contributed by atoms with Gasteiger partial charge in [0, 0.05) is 31.9 Å². The lowest BCUT2D eigenvalue weighted by atomic mass is 9.86. The number of nitrogens with one attached hydrogen (secondary N) is 1. The molecule has 1 unspecified atom stereocenters. The summed E-state index contributed by atoms with van der Waals surface area (Å²) in [7, 11) is 0. The fraction of sp³-hybridized carbons (Fsp3) is 0.545. The summed E-state index contributed by atoms with van der Waals surface area (Å²) < 4.78 is 25.9. The lowest BCUT2D eigenvalue weighted by Gasteiger charge is -2.39. The molecular weight excluding hydrogens is 419 g/mol. The Labute approximate surface area is 185 Å². The number of rotatable bonds is 6. The second kappa shape index (κ2) is 8.06. The van der Waals surface area contributed by atoms with Crippen LogP contribution < -0.4 is 14.7 Å². The number of piperidine rings is 1. The van der Waals surface area contributed by atoms with Crippen LogP contribution in [0.4, 0.5) is 20.6 Å². The minimum Gasteiger partial charge on any atom is -0.460 e. The number of esters is 1. The average molecular weight is 445 g/mol. The molecule has 0 aromatic heterocycles. The van der Waals surface area contributed by atoms with Gasteiger partial charge in [-0.05, 0) is 13.0 Å². The molecule has 0 aliphatic carbocycles. The number of hydrogen-bond acceptors (Lipinski definition) is 6. The van der Waals surface area contributed by atoms with E-state index in [-0.39, 0.29) is 41.7 Å². The van der Waals surface area contributed by atoms with Crippen molar-refractivity contribution in [3.8, 4) is 6.07 Å². The predicted molar refractivity (Wildman–Crippen MR) is 112 cm³/mol. The van der Waals surface area contributed by atoms with Crippen LogP contribution in [0.2, 0.25) is 0 Å². The summed E-state index contributed by atoms with van der Waals surface area (Å²) in [6, 6.07) is 6.60. The summed E-state index contributed by atoms with van der Waals surface area (Å²) in [5.41, 5.74) is -0.895. The smallest absolute Gasteiger partial charge is 0.414 e. The zero-order valence-electron chi connectivity index (χ0n) is 18.1. The van der Waals surface area contributed by atoms with Crippen LogP contribution in [-0.2, 0) is 19.1 Å². The molecule has 3 aliphatic rings. The van der Waals surface area contributed by atoms with Crippen molar-refractivity contribution in [1.82, 2.24) is 9.80 Å². The molecule has 10 heteroatoms. The third kappa shape index (κ3) is 3.11. The minimum absolute atomic E-state index is 0.0886. The van der Waals surface area contributed by atoms with Gasteiger partial charge in [-0.2, -0.15) is 5.26 Å². The third-order valence-corrected chi connectivity index (χ3v) is 6.90. The van der Waals surface area contributed by atoms with E-state index in [1.54, 1.807) is 19.1 Å². The number of nitrogens with zero attached hydrogens (tertiary/aromatic N) is 3. The van der Waals surface area contributed by atoms with Crippen molar-refractivity contribution in [3.63, 3.8) is 0 Å². The Hall–Kier alpha value is -3.19. The van der Waals surface area contributed by atoms with Gasteiger partial charge in [-0.3, -0.25) is 14.2 Å². The first-order valence-corrected chi connectivity index (χ1v) is 10.8. The van der Waals surface area contributed by atoms with Crippen molar-refractivity contribution >= 4 is 29.3 Å². The summed E-state index contributed by atoms with van der Waals surface area (Å²) in [6.07, 6.45) is 0.108. The van der Waals surface area contributed by atoms with E-state index >= 15 is 4.39 Å². The Balaban J connectivity index is 1.64. The first-order valence-electron chi connectivity index (χ1n) is 10.8. The van der Waals surface area contributed by atoms with Crippen LogP contribution in [0.15, 0.2) is 18.2 Å². The van der Waals surface area contributed by atoms with Crippen LogP contribution in [0.25, 0.3) is 0 Å². The van der Waals surface area contributed by atoms with Crippen molar-refractivity contribution in [2.45, 2.75) is 38.3 Å². The lowest BCUT2D eigenvalue weighted by Crippen LogP contribution is -2.64. The summed E-state index contributed by atoms with van der Waals surface area (Å²) in [4.78, 5) is 37.6. The predicted octanol–water partition coefficient (Wildman–Crippen LogP) is 1.84. The van der Waals surface area contributed by atoms with Crippen LogP contribution in [0, 0.1) is 23.1 Å². The van der Waals surface area contributed by atoms with Crippen molar-refractivity contribution in [2.24, 2.45) is 5.92 Å². The van der Waals surface area contributed by atoms with Gasteiger partial charge in [-0.15, -0.1) is 0 Å². The quantitative estimate of drug-likeness (QED) is 0.529. The second-order valence-electron chi connectivity index (χ2n) is 8.48. The molecular formula is C22H26FN4O5+. The number of quaternary nitrogens is 1. The molecule has 0 spiro atoms. The van der Waals surface area contributed by atoms with Gasteiger partial charge >= 0.3 is 12.1 Å². The molecule has 3 heterocycles. The van der Waals surface area contributed by atoms with E-state index in [1.807, 2.05) is 0 Å². The molecule has 1 aromatic rings. The number of hydrogen-bond donors (Lipinski definition) is 1. The maximum Gasteiger partial charge on any atom is 0.414 e. The normalized spacial score (nSPS) is 30.7. The summed E-state index contributed by atoms with van der Waals surface area (Å²) in [6.45, 7) is 4.48. The Bertz CT molecular complexity index is 1000. The maximum atomic E-state index is 15.5. The molecule has 2 bridgehead atoms. The van der Waals surface area contributed by atoms with Gasteiger partial charge in [-0.1, -0.05) is 0 Å². The van der Waals surface area contributed by atoms with Gasteiger partial charge in [0.1, 0.15) is 12.2 Å². The van der Waals surface area contributed by atoms with Crippen LogP contribution >= 0.6 is 0 Å². The molecule has 0 radical (unpaired) electrons. The number of anilines is 1. The van der Waals surface area contributed by atoms with E-state index in [0.717, 1.165) is 0 Å². The Morgan fingerprint density at radius 2 is 2.12 bits per heavy atom. The van der Waals surface area contributed by atoms with Crippen LogP contribution in [-0.4, -0.2) is 62.4 Å². The number of carbonyl (C=O) groups is 3. The van der Waals surface area contributed by atoms with Crippen molar-refractivity contribution in [3.05, 3.63) is 24.0 Å². The molecule has 3 saturated heterocycles. The molecule has 3 fully saturated rings. The van der Waals surface area contributed by atoms with Crippen LogP contribution in [0.3, 0.4) is 0 Å². The third-order valence-electron chi connectivity index (χ3n) is 6.90. The fourth-order valence-electron chi connectivity index (χ4n) is 5.48. The molecule has 1 aromatic carbocycles. The summed E-state index contributed by atoms with van der Waals surface area (Å²) in [5, 5.41) is 12.7. The maximum absolute atomic E-state index is 15.5. The summed E-state index contributed by atoms with van der Waals surface area (Å²) >= 11 is 0. The minimum atomic E-state index is -1.46. The number of halogens is 1. The van der Waals surface area contributed by atoms with E-state index < -0.39 is 29.5 Å². The van der Waals surface area contributed by atoms with Gasteiger partial charge in [-0.25, -0.2) is 14.0 Å². The molecule has 4 rings (SSSR count). The van der Waals surface area contributed by atoms with Crippen molar-refractivity contribution < 1.29 is 28.2 Å². The SMILES string of the molecule is CCOC(=O)C1(C#N)C2CC[N+]1(c1ccc(N3C[C@H](CNC(C)=O)OC3=O)cc1F)CC2. The monoisotopic (exact) mass is 445 g/mol. The highest BCUT2D eigenvalue weighted by Crippen LogP contribution is 2.54. The van der Waals surface area contributed by atoms with Crippen molar-refractivity contribution in [2.75, 3.05) is 37.7 Å². The highest BCUT2D eigenvalue weighted by atomic mass is 19.1. The number of fused-ring (bicyclic) bond motifs is 2. The number of benzene rings is 1. The Morgan fingerprint density at radius 3 is 2.72 bits per heavy atom. The Kier molecular flexibility index (Phi) is 5.54. The van der Waals surface area contributed by atoms with E-state index in [1.165, 1.54) is 17.9 Å². The van der Waals surface area contributed by atoms with Gasteiger partial charge in [0.05, 0.1) is 44.4 Å². The van der Waals surface area contributed by atoms with Crippen molar-refractivity contribution in [1.29, 1.82) is 5.26 Å². The van der Waals surface area contributed by atoms with E-state index in [0.29, 0.717) is 31.6 Å². The molecule has 9 nitrogen and oxygen atoms in total. The van der Waals surface area contributed by atoms with Gasteiger partial charge < -0.3 is 14.8 Å². The number of cyclic esters (lactones) is 1. The average Bonchev–Trinajstić information content (AvgIpc) is 3.40. The topological polar surface area (TPSA) is 109 Å². The van der Waals surface area contributed by atoms with Gasteiger partial charge in [0.25, 0.3) is 5.54 Å². The molecule has 32 heavy (non-hydrogen) atoms. The lowest BCUT2D eigenvalue weighted by molar-refractivity contribution is -0.152. The van der Waals surface area contributed by atoms with E-state index in [4.69, 9.17) is 9.47 Å². The zero-order chi connectivity index (χ0) is 23.1. The number of carbonyl (C=O) groups excluding carboxylic acids is 3. The fourth-order valence-corrected chi connectivity index (χ4v) is 5.48. The second-order valence-corrected chi connectivity index (χ2v) is 8.48. The first kappa shape index (κ1) is 22.0. The first-order chi connectivity index (χ1) is 15.3. The Morgan fingerprint density at radius 1 is 1.41 bits per heavy atom. The van der Waals surface area contributed by atoms with Gasteiger partial charge in [0.15, 0.2) is 11.5 Å². The molecule has 3 aliphatic heterocycles. The van der Waals surface area contributed by atoms with Crippen LogP contribution in [0.5, 0.6) is 0 Å². The zero-order valence-corrected chi connectivity index (χ0v) is 18.1. The standard InChI is InChI=1S/C22H25FN4O5/c1-3-31-20(29)22(13-24)15-6-8-27(22,9-7-15)19-5-4-16(10-18(19)23)26-12-17(32-21(26)30)11-25-14(2)28/h4-5,10,15,17H,3,6-9,11-12H2,1-2H3/p+1/t15?,17-,22?,27?/m0/s1. The highest BCUT2D eigenvalue weighted by Gasteiger charge is 2.73. The number of ether oxygens (including phenoxy) is 2. The van der Waals surface area contributed by atoms with E-state index in [9.17, 15) is 19.6 Å². The number of nitriles is 1. The molecule has 170 valence electrons. The highest BCUT2D eigenvalue weighted by molar-refractivity contribution is 5.91. The van der Waals surface area contributed by atoms with Gasteiger partial charge in [0.2, 0.25) is 5.91 Å². The molecule has 0 saturated carbocycles. The van der Waals surface area contributed by atoms with E-state index in [2.05, 4.69) is 11.4 Å². The molecule has 2 atom stereocenters. The molecule has 2 amide bonds. The van der Waals surface area contributed by atoms with Crippen LogP contribution in [0.1, 0.15) is 26.7 Å². The number of amides is 2. The largest absolute Gasteiger partial charge is 0.460 e. The molecule has 1 N–H and O–H groups in total.